The lowest BCUT2D eigenvalue weighted by Crippen LogP contribution is -2.11. The van der Waals surface area contributed by atoms with Crippen molar-refractivity contribution >= 4 is 5.97 Å². The Morgan fingerprint density at radius 2 is 2.20 bits per heavy atom. The van der Waals surface area contributed by atoms with Crippen LogP contribution in [0.4, 0.5) is 0 Å². The van der Waals surface area contributed by atoms with Crippen LogP contribution in [0.25, 0.3) is 5.82 Å². The van der Waals surface area contributed by atoms with Gasteiger partial charge in [0, 0.05) is 6.20 Å². The normalized spacial score (nSPS) is 9.55. The van der Waals surface area contributed by atoms with Crippen LogP contribution in [0.3, 0.4) is 0 Å². The molecule has 7 heteroatoms. The van der Waals surface area contributed by atoms with E-state index in [-0.39, 0.29) is 29.4 Å². The Labute approximate surface area is 114 Å². The van der Waals surface area contributed by atoms with Gasteiger partial charge in [0.2, 0.25) is 0 Å². The van der Waals surface area contributed by atoms with Crippen LogP contribution >= 0.6 is 0 Å². The molecule has 0 fully saturated rings. The lowest BCUT2D eigenvalue weighted by Gasteiger charge is -2.08. The molecule has 2 heterocycles. The number of pyridine rings is 1. The zero-order valence-electron chi connectivity index (χ0n) is 10.6. The molecule has 0 aliphatic carbocycles. The number of hydrogen-bond donors (Lipinski definition) is 0. The molecule has 7 nitrogen and oxygen atoms in total. The first kappa shape index (κ1) is 13.2. The van der Waals surface area contributed by atoms with Crippen LogP contribution in [0.5, 0.6) is 0 Å². The molecule has 0 amide bonds. The van der Waals surface area contributed by atoms with Gasteiger partial charge in [0.15, 0.2) is 17.2 Å². The lowest BCUT2D eigenvalue weighted by atomic mass is 10.2. The van der Waals surface area contributed by atoms with Crippen LogP contribution in [0, 0.1) is 22.7 Å². The van der Waals surface area contributed by atoms with E-state index in [2.05, 4.69) is 9.97 Å². The minimum atomic E-state index is -0.549. The van der Waals surface area contributed by atoms with Gasteiger partial charge in [-0.3, -0.25) is 4.57 Å². The average molecular weight is 267 g/mol. The second-order valence-corrected chi connectivity index (χ2v) is 3.63. The Morgan fingerprint density at radius 1 is 1.40 bits per heavy atom. The zero-order valence-corrected chi connectivity index (χ0v) is 10.6. The predicted molar refractivity (Wildman–Crippen MR) is 66.7 cm³/mol. The number of ether oxygens (including phenoxy) is 1. The summed E-state index contributed by atoms with van der Waals surface area (Å²) in [6, 6.07) is 6.81. The van der Waals surface area contributed by atoms with E-state index in [9.17, 15) is 4.79 Å². The second kappa shape index (κ2) is 5.63. The van der Waals surface area contributed by atoms with Crippen LogP contribution < -0.4 is 0 Å². The zero-order chi connectivity index (χ0) is 14.5. The van der Waals surface area contributed by atoms with Gasteiger partial charge in [-0.1, -0.05) is 0 Å². The molecule has 0 radical (unpaired) electrons. The fraction of sp³-hybridized carbons (Fsp3) is 0.154. The number of rotatable bonds is 3. The molecule has 98 valence electrons. The fourth-order valence-corrected chi connectivity index (χ4v) is 1.65. The molecule has 0 bridgehead atoms. The monoisotopic (exact) mass is 267 g/mol. The van der Waals surface area contributed by atoms with Crippen molar-refractivity contribution in [3.05, 3.63) is 41.6 Å². The van der Waals surface area contributed by atoms with Gasteiger partial charge in [0.1, 0.15) is 24.0 Å². The Hall–Kier alpha value is -3.19. The first-order valence-electron chi connectivity index (χ1n) is 5.73. The number of nitrogens with zero attached hydrogens (tertiary/aromatic N) is 5. The van der Waals surface area contributed by atoms with Crippen molar-refractivity contribution in [2.45, 2.75) is 6.92 Å². The van der Waals surface area contributed by atoms with E-state index >= 15 is 0 Å². The van der Waals surface area contributed by atoms with Crippen molar-refractivity contribution in [3.8, 4) is 18.0 Å². The molecule has 2 aromatic rings. The third-order valence-corrected chi connectivity index (χ3v) is 2.49. The minimum Gasteiger partial charge on any atom is -0.462 e. The summed E-state index contributed by atoms with van der Waals surface area (Å²) in [5.74, 6) is -0.344. The Morgan fingerprint density at radius 3 is 2.85 bits per heavy atom. The molecule has 2 rings (SSSR count). The van der Waals surface area contributed by atoms with Gasteiger partial charge in [-0.05, 0) is 19.1 Å². The summed E-state index contributed by atoms with van der Waals surface area (Å²) in [6.45, 7) is 1.92. The maximum atomic E-state index is 11.9. The van der Waals surface area contributed by atoms with E-state index in [4.69, 9.17) is 15.3 Å². The summed E-state index contributed by atoms with van der Waals surface area (Å²) in [5.41, 5.74) is 0.206. The minimum absolute atomic E-state index is 0.0204. The van der Waals surface area contributed by atoms with E-state index in [1.54, 1.807) is 13.0 Å². The SMILES string of the molecule is CCOC(=O)c1cccnc1-n1cnc(C#N)c1C#N. The largest absolute Gasteiger partial charge is 0.462 e. The quantitative estimate of drug-likeness (QED) is 0.773. The Kier molecular flexibility index (Phi) is 3.73. The molecule has 0 spiro atoms. The highest BCUT2D eigenvalue weighted by atomic mass is 16.5. The summed E-state index contributed by atoms with van der Waals surface area (Å²) in [5, 5.41) is 18.0. The summed E-state index contributed by atoms with van der Waals surface area (Å²) in [6.07, 6.45) is 2.76. The van der Waals surface area contributed by atoms with Crippen molar-refractivity contribution in [3.63, 3.8) is 0 Å². The van der Waals surface area contributed by atoms with Gasteiger partial charge < -0.3 is 4.74 Å². The number of hydrogen-bond acceptors (Lipinski definition) is 6. The molecular weight excluding hydrogens is 258 g/mol. The molecular formula is C13H9N5O2. The standard InChI is InChI=1S/C13H9N5O2/c1-2-20-13(19)9-4-3-5-16-12(9)18-8-17-10(6-14)11(18)7-15/h3-5,8H,2H2,1H3. The highest BCUT2D eigenvalue weighted by Gasteiger charge is 2.19. The summed E-state index contributed by atoms with van der Waals surface area (Å²) in [7, 11) is 0. The number of aromatic nitrogens is 3. The van der Waals surface area contributed by atoms with Gasteiger partial charge in [0.05, 0.1) is 6.61 Å². The van der Waals surface area contributed by atoms with E-state index in [0.717, 1.165) is 0 Å². The highest BCUT2D eigenvalue weighted by molar-refractivity contribution is 5.92. The average Bonchev–Trinajstić information content (AvgIpc) is 2.90. The van der Waals surface area contributed by atoms with E-state index in [1.165, 1.54) is 23.2 Å². The predicted octanol–water partition coefficient (Wildman–Crippen LogP) is 1.19. The topological polar surface area (TPSA) is 105 Å². The molecule has 0 atom stereocenters. The van der Waals surface area contributed by atoms with Crippen LogP contribution in [0.15, 0.2) is 24.7 Å². The van der Waals surface area contributed by atoms with Crippen molar-refractivity contribution in [1.82, 2.24) is 14.5 Å². The van der Waals surface area contributed by atoms with Gasteiger partial charge in [0.25, 0.3) is 0 Å². The molecule has 0 saturated heterocycles. The van der Waals surface area contributed by atoms with Crippen LogP contribution in [0.1, 0.15) is 28.7 Å². The van der Waals surface area contributed by atoms with Gasteiger partial charge >= 0.3 is 5.97 Å². The fourth-order valence-electron chi connectivity index (χ4n) is 1.65. The van der Waals surface area contributed by atoms with E-state index in [0.29, 0.717) is 0 Å². The molecule has 0 N–H and O–H groups in total. The van der Waals surface area contributed by atoms with Crippen molar-refractivity contribution in [2.24, 2.45) is 0 Å². The molecule has 0 saturated carbocycles. The molecule has 0 aliphatic rings. The lowest BCUT2D eigenvalue weighted by molar-refractivity contribution is 0.0526. The van der Waals surface area contributed by atoms with Crippen LogP contribution in [-0.4, -0.2) is 27.1 Å². The third kappa shape index (κ3) is 2.20. The molecule has 2 aromatic heterocycles. The smallest absolute Gasteiger partial charge is 0.341 e. The summed E-state index contributed by atoms with van der Waals surface area (Å²) < 4.78 is 6.23. The molecule has 0 unspecified atom stereocenters. The van der Waals surface area contributed by atoms with Crippen LogP contribution in [0.2, 0.25) is 0 Å². The number of carbonyl (C=O) groups excluding carboxylic acids is 1. The summed E-state index contributed by atoms with van der Waals surface area (Å²) >= 11 is 0. The molecule has 0 aromatic carbocycles. The van der Waals surface area contributed by atoms with Gasteiger partial charge in [-0.25, -0.2) is 14.8 Å². The summed E-state index contributed by atoms with van der Waals surface area (Å²) in [4.78, 5) is 19.8. The number of imidazole rings is 1. The van der Waals surface area contributed by atoms with Gasteiger partial charge in [-0.2, -0.15) is 10.5 Å². The molecule has 0 aliphatic heterocycles. The maximum absolute atomic E-state index is 11.9. The first-order valence-corrected chi connectivity index (χ1v) is 5.73. The van der Waals surface area contributed by atoms with Gasteiger partial charge in [-0.15, -0.1) is 0 Å². The van der Waals surface area contributed by atoms with E-state index < -0.39 is 5.97 Å². The highest BCUT2D eigenvalue weighted by Crippen LogP contribution is 2.16. The number of carbonyl (C=O) groups is 1. The van der Waals surface area contributed by atoms with Crippen molar-refractivity contribution in [1.29, 1.82) is 10.5 Å². The van der Waals surface area contributed by atoms with Crippen molar-refractivity contribution < 1.29 is 9.53 Å². The Bertz CT molecular complexity index is 736. The van der Waals surface area contributed by atoms with E-state index in [1.807, 2.05) is 12.1 Å². The first-order chi connectivity index (χ1) is 9.72. The molecule has 20 heavy (non-hydrogen) atoms. The number of esters is 1. The second-order valence-electron chi connectivity index (χ2n) is 3.63. The van der Waals surface area contributed by atoms with Crippen LogP contribution in [-0.2, 0) is 4.74 Å². The Balaban J connectivity index is 2.60. The van der Waals surface area contributed by atoms with Crippen molar-refractivity contribution in [2.75, 3.05) is 6.61 Å². The maximum Gasteiger partial charge on any atom is 0.341 e. The third-order valence-electron chi connectivity index (χ3n) is 2.49. The number of nitriles is 2.